The molecule has 152 valence electrons. The van der Waals surface area contributed by atoms with E-state index < -0.39 is 10.2 Å². The number of aryl methyl sites for hydroxylation is 1. The Balaban J connectivity index is 1.77. The minimum Gasteiger partial charge on any atom is -0.356 e. The average Bonchev–Trinajstić information content (AvgIpc) is 2.65. The van der Waals surface area contributed by atoms with Gasteiger partial charge in [0.1, 0.15) is 0 Å². The molecule has 0 saturated carbocycles. The van der Waals surface area contributed by atoms with Gasteiger partial charge in [-0.05, 0) is 42.7 Å². The Morgan fingerprint density at radius 2 is 1.93 bits per heavy atom. The van der Waals surface area contributed by atoms with Crippen molar-refractivity contribution in [2.24, 2.45) is 5.92 Å². The van der Waals surface area contributed by atoms with Gasteiger partial charge in [-0.25, -0.2) is 0 Å². The van der Waals surface area contributed by atoms with Crippen LogP contribution in [0.2, 0.25) is 0 Å². The molecule has 1 aromatic rings. The summed E-state index contributed by atoms with van der Waals surface area (Å²) in [6, 6.07) is 8.64. The third-order valence-corrected chi connectivity index (χ3v) is 7.04. The van der Waals surface area contributed by atoms with Crippen molar-refractivity contribution < 1.29 is 13.2 Å². The van der Waals surface area contributed by atoms with E-state index in [-0.39, 0.29) is 18.4 Å². The topological polar surface area (TPSA) is 69.7 Å². The van der Waals surface area contributed by atoms with Crippen LogP contribution in [0.5, 0.6) is 0 Å². The predicted octanol–water partition coefficient (Wildman–Crippen LogP) is 2.38. The monoisotopic (exact) mass is 395 g/mol. The fourth-order valence-electron chi connectivity index (χ4n) is 3.31. The van der Waals surface area contributed by atoms with Gasteiger partial charge in [0.05, 0.1) is 5.92 Å². The summed E-state index contributed by atoms with van der Waals surface area (Å²) in [7, 11) is -0.410. The number of amides is 1. The van der Waals surface area contributed by atoms with Crippen LogP contribution in [-0.2, 0) is 21.4 Å². The first-order valence-electron chi connectivity index (χ1n) is 9.76. The summed E-state index contributed by atoms with van der Waals surface area (Å²) >= 11 is 0. The highest BCUT2D eigenvalue weighted by atomic mass is 32.2. The number of benzene rings is 1. The molecule has 1 saturated heterocycles. The van der Waals surface area contributed by atoms with E-state index in [1.807, 2.05) is 0 Å². The number of piperidine rings is 1. The van der Waals surface area contributed by atoms with Gasteiger partial charge in [-0.2, -0.15) is 17.0 Å². The zero-order valence-electron chi connectivity index (χ0n) is 16.9. The van der Waals surface area contributed by atoms with Crippen molar-refractivity contribution in [3.05, 3.63) is 35.4 Å². The summed E-state index contributed by atoms with van der Waals surface area (Å²) in [4.78, 5) is 12.4. The molecule has 27 heavy (non-hydrogen) atoms. The van der Waals surface area contributed by atoms with E-state index in [0.29, 0.717) is 25.4 Å². The van der Waals surface area contributed by atoms with Gasteiger partial charge in [0.2, 0.25) is 5.91 Å². The summed E-state index contributed by atoms with van der Waals surface area (Å²) in [5, 5.41) is 2.98. The maximum Gasteiger partial charge on any atom is 0.281 e. The molecule has 1 N–H and O–H groups in total. The first-order chi connectivity index (χ1) is 12.7. The number of carbonyl (C=O) groups excluding carboxylic acids is 1. The molecule has 1 fully saturated rings. The Morgan fingerprint density at radius 3 is 2.52 bits per heavy atom. The lowest BCUT2D eigenvalue weighted by atomic mass is 9.98. The number of hydrogen-bond donors (Lipinski definition) is 1. The summed E-state index contributed by atoms with van der Waals surface area (Å²) in [6.07, 6.45) is 3.25. The first-order valence-corrected chi connectivity index (χ1v) is 11.2. The molecule has 7 heteroatoms. The van der Waals surface area contributed by atoms with Crippen molar-refractivity contribution >= 4 is 16.1 Å². The molecular formula is C20H33N3O3S. The molecule has 0 spiro atoms. The van der Waals surface area contributed by atoms with Crippen molar-refractivity contribution in [2.45, 2.75) is 45.4 Å². The lowest BCUT2D eigenvalue weighted by molar-refractivity contribution is -0.126. The van der Waals surface area contributed by atoms with Crippen LogP contribution in [0.3, 0.4) is 0 Å². The zero-order valence-corrected chi connectivity index (χ0v) is 17.8. The van der Waals surface area contributed by atoms with Gasteiger partial charge in [0, 0.05) is 33.7 Å². The lowest BCUT2D eigenvalue weighted by Crippen LogP contribution is -2.48. The molecule has 1 aromatic carbocycles. The second-order valence-corrected chi connectivity index (χ2v) is 9.92. The van der Waals surface area contributed by atoms with Crippen molar-refractivity contribution in [1.82, 2.24) is 13.9 Å². The van der Waals surface area contributed by atoms with Crippen molar-refractivity contribution in [3.8, 4) is 0 Å². The number of nitrogens with one attached hydrogen (secondary N) is 1. The molecule has 1 heterocycles. The van der Waals surface area contributed by atoms with Crippen LogP contribution in [0, 0.1) is 5.92 Å². The Labute approximate surface area is 164 Å². The molecule has 2 rings (SSSR count). The summed E-state index contributed by atoms with van der Waals surface area (Å²) < 4.78 is 27.1. The molecule has 0 bridgehead atoms. The second-order valence-electron chi connectivity index (χ2n) is 7.78. The normalized spacial score (nSPS) is 18.8. The van der Waals surface area contributed by atoms with E-state index in [9.17, 15) is 13.2 Å². The van der Waals surface area contributed by atoms with E-state index in [0.717, 1.165) is 19.3 Å². The van der Waals surface area contributed by atoms with Gasteiger partial charge in [0.15, 0.2) is 0 Å². The van der Waals surface area contributed by atoms with Gasteiger partial charge in [-0.3, -0.25) is 4.79 Å². The van der Waals surface area contributed by atoms with Crippen LogP contribution in [0.1, 0.15) is 50.2 Å². The number of rotatable bonds is 8. The summed E-state index contributed by atoms with van der Waals surface area (Å²) in [6.45, 7) is 5.72. The molecule has 0 aromatic heterocycles. The Bertz CT molecular complexity index is 714. The van der Waals surface area contributed by atoms with Crippen LogP contribution >= 0.6 is 0 Å². The maximum atomic E-state index is 12.4. The van der Waals surface area contributed by atoms with Crippen molar-refractivity contribution in [3.63, 3.8) is 0 Å². The van der Waals surface area contributed by atoms with Crippen LogP contribution in [0.25, 0.3) is 0 Å². The predicted molar refractivity (Wildman–Crippen MR) is 109 cm³/mol. The largest absolute Gasteiger partial charge is 0.356 e. The third kappa shape index (κ3) is 6.02. The smallest absolute Gasteiger partial charge is 0.281 e. The second kappa shape index (κ2) is 9.66. The van der Waals surface area contributed by atoms with Gasteiger partial charge in [-0.1, -0.05) is 38.1 Å². The molecular weight excluding hydrogens is 362 g/mol. The van der Waals surface area contributed by atoms with Crippen LogP contribution in [-0.4, -0.2) is 56.7 Å². The lowest BCUT2D eigenvalue weighted by Gasteiger charge is -2.32. The van der Waals surface area contributed by atoms with Gasteiger partial charge in [-0.15, -0.1) is 0 Å². The van der Waals surface area contributed by atoms with E-state index in [2.05, 4.69) is 43.4 Å². The molecule has 0 unspecified atom stereocenters. The molecule has 0 radical (unpaired) electrons. The average molecular weight is 396 g/mol. The van der Waals surface area contributed by atoms with E-state index in [4.69, 9.17) is 0 Å². The standard InChI is InChI=1S/C20H33N3O3S/c1-16(2)18-11-9-17(10-12-18)7-5-13-21-20(24)19-8-6-14-23(15-19)27(25,26)22(3)4/h9-12,16,19H,5-8,13-15H2,1-4H3,(H,21,24)/t19-/m1/s1. The van der Waals surface area contributed by atoms with E-state index in [1.165, 1.54) is 33.8 Å². The van der Waals surface area contributed by atoms with Gasteiger partial charge in [0.25, 0.3) is 10.2 Å². The fraction of sp³-hybridized carbons (Fsp3) is 0.650. The molecule has 6 nitrogen and oxygen atoms in total. The van der Waals surface area contributed by atoms with E-state index >= 15 is 0 Å². The minimum absolute atomic E-state index is 0.0381. The third-order valence-electron chi connectivity index (χ3n) is 5.13. The SMILES string of the molecule is CC(C)c1ccc(CCCNC(=O)[C@@H]2CCCN(S(=O)(=O)N(C)C)C2)cc1. The Morgan fingerprint density at radius 1 is 1.26 bits per heavy atom. The molecule has 1 aliphatic heterocycles. The molecule has 1 aliphatic rings. The summed E-state index contributed by atoms with van der Waals surface area (Å²) in [5.41, 5.74) is 2.61. The fourth-order valence-corrected chi connectivity index (χ4v) is 4.50. The first kappa shape index (κ1) is 21.9. The van der Waals surface area contributed by atoms with Gasteiger partial charge >= 0.3 is 0 Å². The van der Waals surface area contributed by atoms with Crippen LogP contribution in [0.15, 0.2) is 24.3 Å². The molecule has 1 atom stereocenters. The summed E-state index contributed by atoms with van der Waals surface area (Å²) in [5.74, 6) is 0.229. The highest BCUT2D eigenvalue weighted by molar-refractivity contribution is 7.86. The maximum absolute atomic E-state index is 12.4. The van der Waals surface area contributed by atoms with Crippen molar-refractivity contribution in [2.75, 3.05) is 33.7 Å². The number of hydrogen-bond acceptors (Lipinski definition) is 3. The number of carbonyl (C=O) groups is 1. The molecule has 0 aliphatic carbocycles. The van der Waals surface area contributed by atoms with Crippen molar-refractivity contribution in [1.29, 1.82) is 0 Å². The quantitative estimate of drug-likeness (QED) is 0.687. The minimum atomic E-state index is -3.45. The van der Waals surface area contributed by atoms with Crippen LogP contribution < -0.4 is 5.32 Å². The Hall–Kier alpha value is -1.44. The zero-order chi connectivity index (χ0) is 20.0. The highest BCUT2D eigenvalue weighted by Gasteiger charge is 2.33. The van der Waals surface area contributed by atoms with E-state index in [1.54, 1.807) is 0 Å². The number of nitrogens with zero attached hydrogens (tertiary/aromatic N) is 2. The highest BCUT2D eigenvalue weighted by Crippen LogP contribution is 2.20. The van der Waals surface area contributed by atoms with Gasteiger partial charge < -0.3 is 5.32 Å². The van der Waals surface area contributed by atoms with Crippen LogP contribution in [0.4, 0.5) is 0 Å². The Kier molecular flexibility index (Phi) is 7.82. The molecule has 1 amide bonds.